The van der Waals surface area contributed by atoms with E-state index in [0.717, 1.165) is 0 Å². The van der Waals surface area contributed by atoms with E-state index in [1.54, 1.807) is 12.0 Å². The highest BCUT2D eigenvalue weighted by Gasteiger charge is 2.14. The zero-order chi connectivity index (χ0) is 13.1. The molecule has 0 radical (unpaired) electrons. The standard InChI is InChI=1S/C11H21NO5/c1-16-9-7-12(6-5-11(15)17-2)10(14)4-3-8-13/h13H,3-9H2,1-2H3. The third kappa shape index (κ3) is 7.70. The van der Waals surface area contributed by atoms with Gasteiger partial charge in [0, 0.05) is 33.2 Å². The SMILES string of the molecule is COCCN(CCC(=O)OC)C(=O)CCCO. The first-order valence-electron chi connectivity index (χ1n) is 5.60. The molecule has 0 saturated heterocycles. The first-order chi connectivity index (χ1) is 8.15. The van der Waals surface area contributed by atoms with Crippen LogP contribution in [-0.4, -0.2) is 62.4 Å². The number of methoxy groups -OCH3 is 2. The van der Waals surface area contributed by atoms with Crippen molar-refractivity contribution in [3.63, 3.8) is 0 Å². The molecule has 0 saturated carbocycles. The molecule has 0 fully saturated rings. The Bertz CT molecular complexity index is 232. The first kappa shape index (κ1) is 15.9. The second-order valence-corrected chi connectivity index (χ2v) is 3.53. The van der Waals surface area contributed by atoms with E-state index in [0.29, 0.717) is 26.1 Å². The fourth-order valence-corrected chi connectivity index (χ4v) is 1.28. The van der Waals surface area contributed by atoms with Gasteiger partial charge in [0.05, 0.1) is 20.1 Å². The molecule has 0 aromatic rings. The molecule has 0 aliphatic carbocycles. The molecule has 0 bridgehead atoms. The average molecular weight is 247 g/mol. The third-order valence-electron chi connectivity index (χ3n) is 2.28. The summed E-state index contributed by atoms with van der Waals surface area (Å²) in [6.45, 7) is 1.17. The summed E-state index contributed by atoms with van der Waals surface area (Å²) in [5, 5.41) is 8.66. The van der Waals surface area contributed by atoms with Gasteiger partial charge in [0.1, 0.15) is 0 Å². The number of esters is 1. The predicted molar refractivity (Wildman–Crippen MR) is 61.4 cm³/mol. The minimum Gasteiger partial charge on any atom is -0.469 e. The van der Waals surface area contributed by atoms with Crippen LogP contribution in [0, 0.1) is 0 Å². The first-order valence-corrected chi connectivity index (χ1v) is 5.60. The molecule has 0 aromatic heterocycles. The number of carbonyl (C=O) groups is 2. The van der Waals surface area contributed by atoms with Crippen LogP contribution in [-0.2, 0) is 19.1 Å². The van der Waals surface area contributed by atoms with E-state index in [-0.39, 0.29) is 31.3 Å². The number of carbonyl (C=O) groups excluding carboxylic acids is 2. The fraction of sp³-hybridized carbons (Fsp3) is 0.818. The Morgan fingerprint density at radius 3 is 2.41 bits per heavy atom. The van der Waals surface area contributed by atoms with Gasteiger partial charge in [-0.15, -0.1) is 0 Å². The Labute approximate surface area is 101 Å². The summed E-state index contributed by atoms with van der Waals surface area (Å²) in [6.07, 6.45) is 0.882. The largest absolute Gasteiger partial charge is 0.469 e. The van der Waals surface area contributed by atoms with Crippen molar-refractivity contribution in [2.75, 3.05) is 40.5 Å². The highest BCUT2D eigenvalue weighted by Crippen LogP contribution is 2.00. The van der Waals surface area contributed by atoms with E-state index in [2.05, 4.69) is 4.74 Å². The van der Waals surface area contributed by atoms with Gasteiger partial charge in [-0.25, -0.2) is 0 Å². The predicted octanol–water partition coefficient (Wildman–Crippen LogP) is -0.203. The van der Waals surface area contributed by atoms with Crippen LogP contribution in [0.25, 0.3) is 0 Å². The molecule has 0 spiro atoms. The van der Waals surface area contributed by atoms with Gasteiger partial charge < -0.3 is 19.5 Å². The molecule has 1 N–H and O–H groups in total. The van der Waals surface area contributed by atoms with E-state index in [1.807, 2.05) is 0 Å². The van der Waals surface area contributed by atoms with Crippen molar-refractivity contribution in [2.24, 2.45) is 0 Å². The number of hydrogen-bond donors (Lipinski definition) is 1. The van der Waals surface area contributed by atoms with Crippen LogP contribution in [0.5, 0.6) is 0 Å². The number of hydrogen-bond acceptors (Lipinski definition) is 5. The zero-order valence-electron chi connectivity index (χ0n) is 10.5. The van der Waals surface area contributed by atoms with Gasteiger partial charge in [-0.1, -0.05) is 0 Å². The molecule has 6 heteroatoms. The Hall–Kier alpha value is -1.14. The maximum atomic E-state index is 11.7. The molecule has 6 nitrogen and oxygen atoms in total. The van der Waals surface area contributed by atoms with Gasteiger partial charge in [0.25, 0.3) is 0 Å². The Balaban J connectivity index is 4.11. The van der Waals surface area contributed by atoms with Crippen molar-refractivity contribution < 1.29 is 24.2 Å². The van der Waals surface area contributed by atoms with Gasteiger partial charge in [-0.05, 0) is 6.42 Å². The second-order valence-electron chi connectivity index (χ2n) is 3.53. The molecule has 100 valence electrons. The highest BCUT2D eigenvalue weighted by atomic mass is 16.5. The third-order valence-corrected chi connectivity index (χ3v) is 2.28. The topological polar surface area (TPSA) is 76.1 Å². The Morgan fingerprint density at radius 1 is 1.18 bits per heavy atom. The summed E-state index contributed by atoms with van der Waals surface area (Å²) < 4.78 is 9.42. The molecule has 0 aromatic carbocycles. The molecule has 0 unspecified atom stereocenters. The highest BCUT2D eigenvalue weighted by molar-refractivity contribution is 5.77. The Morgan fingerprint density at radius 2 is 1.88 bits per heavy atom. The summed E-state index contributed by atoms with van der Waals surface area (Å²) in [4.78, 5) is 24.3. The van der Waals surface area contributed by atoms with Crippen molar-refractivity contribution in [1.29, 1.82) is 0 Å². The molecule has 0 heterocycles. The second kappa shape index (κ2) is 10.0. The minimum atomic E-state index is -0.345. The molecule has 0 rings (SSSR count). The monoisotopic (exact) mass is 247 g/mol. The van der Waals surface area contributed by atoms with Crippen molar-refractivity contribution in [1.82, 2.24) is 4.90 Å². The quantitative estimate of drug-likeness (QED) is 0.571. The van der Waals surface area contributed by atoms with Crippen molar-refractivity contribution in [2.45, 2.75) is 19.3 Å². The molecule has 17 heavy (non-hydrogen) atoms. The molecular weight excluding hydrogens is 226 g/mol. The van der Waals surface area contributed by atoms with Crippen LogP contribution in [0.4, 0.5) is 0 Å². The average Bonchev–Trinajstić information content (AvgIpc) is 2.35. The molecule has 0 atom stereocenters. The lowest BCUT2D eigenvalue weighted by Gasteiger charge is -2.21. The summed E-state index contributed by atoms with van der Waals surface area (Å²) in [5.74, 6) is -0.428. The van der Waals surface area contributed by atoms with E-state index in [1.165, 1.54) is 7.11 Å². The van der Waals surface area contributed by atoms with Crippen molar-refractivity contribution >= 4 is 11.9 Å². The van der Waals surface area contributed by atoms with Crippen LogP contribution < -0.4 is 0 Å². The van der Waals surface area contributed by atoms with Crippen molar-refractivity contribution in [3.8, 4) is 0 Å². The molecule has 0 aliphatic heterocycles. The smallest absolute Gasteiger partial charge is 0.307 e. The fourth-order valence-electron chi connectivity index (χ4n) is 1.28. The normalized spacial score (nSPS) is 10.1. The van der Waals surface area contributed by atoms with Gasteiger partial charge in [-0.2, -0.15) is 0 Å². The maximum absolute atomic E-state index is 11.7. The Kier molecular flexibility index (Phi) is 9.37. The maximum Gasteiger partial charge on any atom is 0.307 e. The van der Waals surface area contributed by atoms with Crippen molar-refractivity contribution in [3.05, 3.63) is 0 Å². The lowest BCUT2D eigenvalue weighted by molar-refractivity contribution is -0.142. The van der Waals surface area contributed by atoms with Crippen LogP contribution in [0.2, 0.25) is 0 Å². The van der Waals surface area contributed by atoms with Crippen LogP contribution in [0.3, 0.4) is 0 Å². The lowest BCUT2D eigenvalue weighted by atomic mass is 10.2. The van der Waals surface area contributed by atoms with Gasteiger partial charge in [-0.3, -0.25) is 9.59 Å². The van der Waals surface area contributed by atoms with E-state index < -0.39 is 0 Å². The van der Waals surface area contributed by atoms with Gasteiger partial charge in [0.15, 0.2) is 0 Å². The van der Waals surface area contributed by atoms with E-state index in [9.17, 15) is 9.59 Å². The van der Waals surface area contributed by atoms with E-state index in [4.69, 9.17) is 9.84 Å². The molecule has 0 aliphatic rings. The minimum absolute atomic E-state index is 0.0130. The summed E-state index contributed by atoms with van der Waals surface area (Å²) in [7, 11) is 2.87. The lowest BCUT2D eigenvalue weighted by Crippen LogP contribution is -2.35. The number of rotatable bonds is 9. The number of nitrogens with zero attached hydrogens (tertiary/aromatic N) is 1. The van der Waals surface area contributed by atoms with Gasteiger partial charge >= 0.3 is 5.97 Å². The van der Waals surface area contributed by atoms with Gasteiger partial charge in [0.2, 0.25) is 5.91 Å². The number of amides is 1. The number of aliphatic hydroxyl groups excluding tert-OH is 1. The summed E-state index contributed by atoms with van der Waals surface area (Å²) in [5.41, 5.74) is 0. The summed E-state index contributed by atoms with van der Waals surface area (Å²) >= 11 is 0. The zero-order valence-corrected chi connectivity index (χ0v) is 10.5. The van der Waals surface area contributed by atoms with E-state index >= 15 is 0 Å². The molecular formula is C11H21NO5. The van der Waals surface area contributed by atoms with Crippen LogP contribution >= 0.6 is 0 Å². The van der Waals surface area contributed by atoms with Crippen LogP contribution in [0.1, 0.15) is 19.3 Å². The number of aliphatic hydroxyl groups is 1. The molecule has 1 amide bonds. The van der Waals surface area contributed by atoms with Crippen LogP contribution in [0.15, 0.2) is 0 Å². The summed E-state index contributed by atoms with van der Waals surface area (Å²) in [6, 6.07) is 0. The number of ether oxygens (including phenoxy) is 2.